The molecule has 0 aliphatic rings. The monoisotopic (exact) mass is 547 g/mol. The van der Waals surface area contributed by atoms with Crippen LogP contribution in [0.3, 0.4) is 0 Å². The van der Waals surface area contributed by atoms with Crippen LogP contribution in [0.5, 0.6) is 5.75 Å². The molecule has 3 rings (SSSR count). The minimum absolute atomic E-state index is 0.00918. The second kappa shape index (κ2) is 11.3. The molecule has 0 aromatic heterocycles. The van der Waals surface area contributed by atoms with Crippen LogP contribution in [0.2, 0.25) is 0 Å². The van der Waals surface area contributed by atoms with Crippen molar-refractivity contribution >= 4 is 45.4 Å². The topological polar surface area (TPSA) is 52.6 Å². The van der Waals surface area contributed by atoms with Crippen molar-refractivity contribution < 1.29 is 19.1 Å². The van der Waals surface area contributed by atoms with Gasteiger partial charge in [-0.3, -0.25) is 9.59 Å². The summed E-state index contributed by atoms with van der Waals surface area (Å²) in [5.74, 6) is -0.294. The summed E-state index contributed by atoms with van der Waals surface area (Å²) in [7, 11) is -0.255. The highest BCUT2D eigenvalue weighted by molar-refractivity contribution is 14.1. The molecule has 3 aromatic carbocycles. The zero-order valence-electron chi connectivity index (χ0n) is 17.4. The molecule has 2 unspecified atom stereocenters. The molecule has 0 aliphatic carbocycles. The molecule has 0 bridgehead atoms. The molecule has 0 saturated heterocycles. The van der Waals surface area contributed by atoms with E-state index in [1.807, 2.05) is 83.3 Å². The van der Waals surface area contributed by atoms with Crippen LogP contribution in [0, 0.1) is 0 Å². The third-order valence-corrected chi connectivity index (χ3v) is 7.08. The predicted molar refractivity (Wildman–Crippen MR) is 131 cm³/mol. The number of ether oxygens (including phenoxy) is 2. The highest BCUT2D eigenvalue weighted by atomic mass is 127. The van der Waals surface area contributed by atoms with Gasteiger partial charge in [-0.25, -0.2) is 0 Å². The van der Waals surface area contributed by atoms with Crippen molar-refractivity contribution in [3.05, 3.63) is 84.9 Å². The normalized spacial score (nSPS) is 12.8. The van der Waals surface area contributed by atoms with Gasteiger partial charge < -0.3 is 9.47 Å². The summed E-state index contributed by atoms with van der Waals surface area (Å²) in [6.45, 7) is 3.43. The van der Waals surface area contributed by atoms with Crippen LogP contribution in [0.15, 0.2) is 99.6 Å². The van der Waals surface area contributed by atoms with Crippen LogP contribution in [0.4, 0.5) is 0 Å². The number of halogens is 1. The van der Waals surface area contributed by atoms with Gasteiger partial charge in [-0.15, -0.1) is 0 Å². The number of benzene rings is 3. The molecule has 0 heterocycles. The van der Waals surface area contributed by atoms with Gasteiger partial charge in [0.15, 0.2) is 14.7 Å². The van der Waals surface area contributed by atoms with Crippen molar-refractivity contribution in [1.82, 2.24) is 0 Å². The van der Waals surface area contributed by atoms with Crippen LogP contribution >= 0.6 is 22.6 Å². The van der Waals surface area contributed by atoms with E-state index in [1.54, 1.807) is 13.8 Å². The fourth-order valence-corrected chi connectivity index (χ4v) is 5.14. The molecule has 4 nitrogen and oxygen atoms in total. The lowest BCUT2D eigenvalue weighted by atomic mass is 10.3. The minimum Gasteiger partial charge on any atom is -0.461 e. The van der Waals surface area contributed by atoms with E-state index < -0.39 is 12.1 Å². The maximum Gasteiger partial charge on any atom is 0.318 e. The molecule has 160 valence electrons. The lowest BCUT2D eigenvalue weighted by Crippen LogP contribution is -2.24. The van der Waals surface area contributed by atoms with Gasteiger partial charge in [0.25, 0.3) is 0 Å². The molecule has 0 fully saturated rings. The van der Waals surface area contributed by atoms with Gasteiger partial charge >= 0.3 is 11.9 Å². The Hall–Kier alpha value is -2.32. The van der Waals surface area contributed by atoms with Gasteiger partial charge in [0.1, 0.15) is 15.8 Å². The maximum atomic E-state index is 12.2. The van der Waals surface area contributed by atoms with Gasteiger partial charge in [-0.2, -0.15) is 0 Å². The lowest BCUT2D eigenvalue weighted by molar-refractivity contribution is -0.150. The summed E-state index contributed by atoms with van der Waals surface area (Å²) in [5, 5.41) is 0. The van der Waals surface area contributed by atoms with E-state index >= 15 is 0 Å². The molecule has 2 atom stereocenters. The SMILES string of the molecule is CC(CC(=O)Oc1ccc([S+](c2ccccc2)c2ccccc2)cc1)OC(=O)C(C)I. The molecular formula is C25H24IO4S+. The Morgan fingerprint density at radius 2 is 1.29 bits per heavy atom. The summed E-state index contributed by atoms with van der Waals surface area (Å²) in [6, 6.07) is 28.3. The average Bonchev–Trinajstić information content (AvgIpc) is 2.76. The Balaban J connectivity index is 1.71. The number of hydrogen-bond acceptors (Lipinski definition) is 4. The lowest BCUT2D eigenvalue weighted by Gasteiger charge is -2.14. The third-order valence-electron chi connectivity index (χ3n) is 4.35. The molecule has 6 heteroatoms. The van der Waals surface area contributed by atoms with Gasteiger partial charge in [0.05, 0.1) is 17.3 Å². The second-order valence-corrected chi connectivity index (χ2v) is 10.8. The number of hydrogen-bond donors (Lipinski definition) is 0. The highest BCUT2D eigenvalue weighted by Gasteiger charge is 2.28. The van der Waals surface area contributed by atoms with Gasteiger partial charge in [-0.1, -0.05) is 59.0 Å². The summed E-state index contributed by atoms with van der Waals surface area (Å²) in [5.41, 5.74) is 0. The number of carbonyl (C=O) groups is 2. The van der Waals surface area contributed by atoms with Crippen molar-refractivity contribution in [2.24, 2.45) is 0 Å². The van der Waals surface area contributed by atoms with Gasteiger partial charge in [-0.05, 0) is 62.4 Å². The molecule has 31 heavy (non-hydrogen) atoms. The quantitative estimate of drug-likeness (QED) is 0.117. The van der Waals surface area contributed by atoms with Gasteiger partial charge in [0, 0.05) is 0 Å². The smallest absolute Gasteiger partial charge is 0.318 e. The molecule has 3 aromatic rings. The number of alkyl halides is 1. The van der Waals surface area contributed by atoms with Gasteiger partial charge in [0.2, 0.25) is 0 Å². The zero-order chi connectivity index (χ0) is 22.2. The third kappa shape index (κ3) is 6.83. The highest BCUT2D eigenvalue weighted by Crippen LogP contribution is 2.31. The summed E-state index contributed by atoms with van der Waals surface area (Å²) in [4.78, 5) is 27.4. The first kappa shape index (κ1) is 23.3. The molecule has 0 spiro atoms. The van der Waals surface area contributed by atoms with Crippen molar-refractivity contribution in [2.75, 3.05) is 0 Å². The van der Waals surface area contributed by atoms with Crippen LogP contribution in [-0.2, 0) is 25.2 Å². The van der Waals surface area contributed by atoms with Crippen LogP contribution in [-0.4, -0.2) is 22.0 Å². The van der Waals surface area contributed by atoms with E-state index in [4.69, 9.17) is 9.47 Å². The van der Waals surface area contributed by atoms with Crippen molar-refractivity contribution in [3.63, 3.8) is 0 Å². The standard InChI is InChI=1S/C25H24IO4S/c1-18(29-25(28)19(2)26)17-24(27)30-20-13-15-23(16-14-20)31(21-9-5-3-6-10-21)22-11-7-4-8-12-22/h3-16,18-19H,17H2,1-2H3/q+1. The Kier molecular flexibility index (Phi) is 8.54. The summed E-state index contributed by atoms with van der Waals surface area (Å²) in [6.07, 6.45) is -0.520. The first-order valence-electron chi connectivity index (χ1n) is 9.93. The van der Waals surface area contributed by atoms with E-state index in [2.05, 4.69) is 24.3 Å². The molecule has 0 saturated carbocycles. The Morgan fingerprint density at radius 1 is 0.806 bits per heavy atom. The van der Waals surface area contributed by atoms with Crippen molar-refractivity contribution in [1.29, 1.82) is 0 Å². The number of carbonyl (C=O) groups excluding carboxylic acids is 2. The predicted octanol–water partition coefficient (Wildman–Crippen LogP) is 5.83. The summed E-state index contributed by atoms with van der Waals surface area (Å²) >= 11 is 1.98. The van der Waals surface area contributed by atoms with Crippen LogP contribution < -0.4 is 4.74 Å². The zero-order valence-corrected chi connectivity index (χ0v) is 20.3. The van der Waals surface area contributed by atoms with E-state index in [-0.39, 0.29) is 27.2 Å². The van der Waals surface area contributed by atoms with E-state index in [9.17, 15) is 9.59 Å². The van der Waals surface area contributed by atoms with Crippen molar-refractivity contribution in [3.8, 4) is 5.75 Å². The molecule has 0 amide bonds. The largest absolute Gasteiger partial charge is 0.461 e. The first-order chi connectivity index (χ1) is 14.9. The molecule has 0 radical (unpaired) electrons. The molecular weight excluding hydrogens is 523 g/mol. The Morgan fingerprint density at radius 3 is 1.77 bits per heavy atom. The van der Waals surface area contributed by atoms with Crippen LogP contribution in [0.25, 0.3) is 0 Å². The molecule has 0 N–H and O–H groups in total. The van der Waals surface area contributed by atoms with E-state index in [0.29, 0.717) is 5.75 Å². The van der Waals surface area contributed by atoms with Crippen LogP contribution in [0.1, 0.15) is 20.3 Å². The fraction of sp³-hybridized carbons (Fsp3) is 0.200. The summed E-state index contributed by atoms with van der Waals surface area (Å²) < 4.78 is 10.4. The Labute approximate surface area is 199 Å². The van der Waals surface area contributed by atoms with E-state index in [0.717, 1.165) is 4.90 Å². The van der Waals surface area contributed by atoms with Crippen molar-refractivity contribution in [2.45, 2.75) is 45.0 Å². The molecule has 0 aliphatic heterocycles. The Bertz CT molecular complexity index is 952. The fourth-order valence-electron chi connectivity index (χ4n) is 2.91. The number of rotatable bonds is 8. The first-order valence-corrected chi connectivity index (χ1v) is 12.4. The van der Waals surface area contributed by atoms with E-state index in [1.165, 1.54) is 9.79 Å². The second-order valence-electron chi connectivity index (χ2n) is 6.95. The number of esters is 2. The maximum absolute atomic E-state index is 12.2. The average molecular weight is 547 g/mol. The minimum atomic E-state index is -0.529.